The number of benzene rings is 1. The Morgan fingerprint density at radius 1 is 1.30 bits per heavy atom. The van der Waals surface area contributed by atoms with Gasteiger partial charge in [0.25, 0.3) is 0 Å². The summed E-state index contributed by atoms with van der Waals surface area (Å²) in [6.45, 7) is 2.41. The fourth-order valence-electron chi connectivity index (χ4n) is 3.01. The lowest BCUT2D eigenvalue weighted by atomic mass is 9.92. The number of aliphatic carboxylic acids is 1. The van der Waals surface area contributed by atoms with Crippen LogP contribution in [0.15, 0.2) is 30.3 Å². The molecular formula is C16H21NO3. The lowest BCUT2D eigenvalue weighted by molar-refractivity contribution is -0.156. The van der Waals surface area contributed by atoms with Crippen molar-refractivity contribution in [1.82, 2.24) is 4.90 Å². The van der Waals surface area contributed by atoms with Crippen LogP contribution in [0.5, 0.6) is 0 Å². The highest BCUT2D eigenvalue weighted by Crippen LogP contribution is 2.33. The normalized spacial score (nSPS) is 21.9. The van der Waals surface area contributed by atoms with Crippen LogP contribution in [0, 0.1) is 0 Å². The summed E-state index contributed by atoms with van der Waals surface area (Å²) in [7, 11) is 0. The van der Waals surface area contributed by atoms with E-state index in [1.165, 1.54) is 0 Å². The first-order chi connectivity index (χ1) is 9.60. The third-order valence-electron chi connectivity index (χ3n) is 4.24. The summed E-state index contributed by atoms with van der Waals surface area (Å²) in [5.41, 5.74) is 0.130. The fraction of sp³-hybridized carbons (Fsp3) is 0.500. The van der Waals surface area contributed by atoms with Crippen molar-refractivity contribution in [2.75, 3.05) is 6.54 Å². The number of carboxylic acid groups (broad SMARTS) is 1. The van der Waals surface area contributed by atoms with Crippen LogP contribution >= 0.6 is 0 Å². The van der Waals surface area contributed by atoms with Gasteiger partial charge in [-0.2, -0.15) is 0 Å². The van der Waals surface area contributed by atoms with Crippen LogP contribution in [0.4, 0.5) is 0 Å². The molecule has 1 N–H and O–H groups in total. The van der Waals surface area contributed by atoms with Gasteiger partial charge in [0, 0.05) is 13.0 Å². The van der Waals surface area contributed by atoms with E-state index in [2.05, 4.69) is 0 Å². The van der Waals surface area contributed by atoms with E-state index < -0.39 is 11.5 Å². The minimum atomic E-state index is -0.978. The van der Waals surface area contributed by atoms with Crippen LogP contribution in [-0.4, -0.2) is 34.0 Å². The number of likely N-dealkylation sites (tertiary alicyclic amines) is 1. The molecule has 1 aliphatic heterocycles. The van der Waals surface area contributed by atoms with Gasteiger partial charge in [-0.15, -0.1) is 0 Å². The molecule has 1 fully saturated rings. The van der Waals surface area contributed by atoms with E-state index >= 15 is 0 Å². The number of nitrogens with zero attached hydrogens (tertiary/aromatic N) is 1. The van der Waals surface area contributed by atoms with E-state index in [-0.39, 0.29) is 5.91 Å². The Morgan fingerprint density at radius 2 is 2.00 bits per heavy atom. The Labute approximate surface area is 119 Å². The van der Waals surface area contributed by atoms with Crippen molar-refractivity contribution in [3.05, 3.63) is 35.9 Å². The summed E-state index contributed by atoms with van der Waals surface area (Å²) in [5, 5.41) is 9.47. The van der Waals surface area contributed by atoms with Crippen LogP contribution in [0.2, 0.25) is 0 Å². The maximum Gasteiger partial charge on any atom is 0.329 e. The van der Waals surface area contributed by atoms with E-state index in [9.17, 15) is 14.7 Å². The molecule has 1 atom stereocenters. The highest BCUT2D eigenvalue weighted by molar-refractivity contribution is 5.87. The van der Waals surface area contributed by atoms with Gasteiger partial charge < -0.3 is 10.0 Å². The molecule has 0 aromatic heterocycles. The zero-order valence-corrected chi connectivity index (χ0v) is 11.8. The molecule has 4 nitrogen and oxygen atoms in total. The smallest absolute Gasteiger partial charge is 0.329 e. The van der Waals surface area contributed by atoms with Crippen LogP contribution in [0.25, 0.3) is 0 Å². The van der Waals surface area contributed by atoms with Gasteiger partial charge in [-0.1, -0.05) is 37.3 Å². The molecule has 0 saturated carbocycles. The van der Waals surface area contributed by atoms with Gasteiger partial charge in [-0.3, -0.25) is 4.79 Å². The van der Waals surface area contributed by atoms with Crippen LogP contribution in [0.3, 0.4) is 0 Å². The first-order valence-corrected chi connectivity index (χ1v) is 7.18. The number of carbonyl (C=O) groups is 2. The van der Waals surface area contributed by atoms with E-state index in [1.807, 2.05) is 37.3 Å². The topological polar surface area (TPSA) is 57.6 Å². The second-order valence-electron chi connectivity index (χ2n) is 5.32. The van der Waals surface area contributed by atoms with E-state index in [0.717, 1.165) is 12.0 Å². The predicted molar refractivity (Wildman–Crippen MR) is 76.4 cm³/mol. The molecule has 1 amide bonds. The summed E-state index contributed by atoms with van der Waals surface area (Å²) in [4.78, 5) is 25.5. The first kappa shape index (κ1) is 14.6. The standard InChI is InChI=1S/C16H21NO3/c1-2-16(15(19)20)11-6-12-17(16)14(18)10-9-13-7-4-3-5-8-13/h3-5,7-8H,2,6,9-12H2,1H3,(H,19,20). The lowest BCUT2D eigenvalue weighted by Crippen LogP contribution is -2.52. The average molecular weight is 275 g/mol. The van der Waals surface area contributed by atoms with Crippen LogP contribution in [0.1, 0.15) is 38.2 Å². The average Bonchev–Trinajstić information content (AvgIpc) is 2.91. The molecule has 108 valence electrons. The van der Waals surface area contributed by atoms with Crippen molar-refractivity contribution in [2.24, 2.45) is 0 Å². The zero-order valence-electron chi connectivity index (χ0n) is 11.8. The third-order valence-corrected chi connectivity index (χ3v) is 4.24. The minimum Gasteiger partial charge on any atom is -0.479 e. The summed E-state index contributed by atoms with van der Waals surface area (Å²) in [5.74, 6) is -0.916. The molecule has 0 spiro atoms. The molecule has 20 heavy (non-hydrogen) atoms. The highest BCUT2D eigenvalue weighted by Gasteiger charge is 2.48. The van der Waals surface area contributed by atoms with Crippen molar-refractivity contribution < 1.29 is 14.7 Å². The Hall–Kier alpha value is -1.84. The third kappa shape index (κ3) is 2.69. The summed E-state index contributed by atoms with van der Waals surface area (Å²) in [6.07, 6.45) is 2.85. The summed E-state index contributed by atoms with van der Waals surface area (Å²) in [6, 6.07) is 9.81. The SMILES string of the molecule is CCC1(C(=O)O)CCCN1C(=O)CCc1ccccc1. The maximum absolute atomic E-state index is 12.4. The quantitative estimate of drug-likeness (QED) is 0.898. The zero-order chi connectivity index (χ0) is 14.6. The number of carboxylic acids is 1. The van der Waals surface area contributed by atoms with E-state index in [1.54, 1.807) is 4.90 Å². The molecule has 4 heteroatoms. The molecule has 1 aromatic rings. The highest BCUT2D eigenvalue weighted by atomic mass is 16.4. The number of aryl methyl sites for hydroxylation is 1. The summed E-state index contributed by atoms with van der Waals surface area (Å²) >= 11 is 0. The maximum atomic E-state index is 12.4. The minimum absolute atomic E-state index is 0.0457. The number of hydrogen-bond donors (Lipinski definition) is 1. The van der Waals surface area contributed by atoms with Crippen molar-refractivity contribution in [2.45, 2.75) is 44.6 Å². The molecule has 0 bridgehead atoms. The van der Waals surface area contributed by atoms with Gasteiger partial charge >= 0.3 is 5.97 Å². The van der Waals surface area contributed by atoms with Crippen molar-refractivity contribution in [1.29, 1.82) is 0 Å². The van der Waals surface area contributed by atoms with Crippen molar-refractivity contribution >= 4 is 11.9 Å². The second-order valence-corrected chi connectivity index (χ2v) is 5.32. The molecule has 1 aromatic carbocycles. The van der Waals surface area contributed by atoms with Crippen LogP contribution < -0.4 is 0 Å². The Bertz CT molecular complexity index is 486. The monoisotopic (exact) mass is 275 g/mol. The molecule has 2 rings (SSSR count). The Balaban J connectivity index is 2.03. The van der Waals surface area contributed by atoms with Crippen molar-refractivity contribution in [3.63, 3.8) is 0 Å². The fourth-order valence-corrected chi connectivity index (χ4v) is 3.01. The Morgan fingerprint density at radius 3 is 2.60 bits per heavy atom. The largest absolute Gasteiger partial charge is 0.479 e. The van der Waals surface area contributed by atoms with E-state index in [0.29, 0.717) is 32.2 Å². The molecular weight excluding hydrogens is 254 g/mol. The van der Waals surface area contributed by atoms with Gasteiger partial charge in [-0.25, -0.2) is 4.79 Å². The number of rotatable bonds is 5. The number of hydrogen-bond acceptors (Lipinski definition) is 2. The van der Waals surface area contributed by atoms with E-state index in [4.69, 9.17) is 0 Å². The second kappa shape index (κ2) is 6.07. The van der Waals surface area contributed by atoms with Gasteiger partial charge in [0.1, 0.15) is 5.54 Å². The molecule has 0 aliphatic carbocycles. The molecule has 0 radical (unpaired) electrons. The van der Waals surface area contributed by atoms with Crippen LogP contribution in [-0.2, 0) is 16.0 Å². The Kier molecular flexibility index (Phi) is 4.42. The van der Waals surface area contributed by atoms with Gasteiger partial charge in [-0.05, 0) is 31.2 Å². The van der Waals surface area contributed by atoms with Gasteiger partial charge in [0.2, 0.25) is 5.91 Å². The molecule has 1 aliphatic rings. The molecule has 1 unspecified atom stereocenters. The first-order valence-electron chi connectivity index (χ1n) is 7.18. The molecule has 1 saturated heterocycles. The number of carbonyl (C=O) groups excluding carboxylic acids is 1. The number of amides is 1. The lowest BCUT2D eigenvalue weighted by Gasteiger charge is -2.34. The van der Waals surface area contributed by atoms with Crippen molar-refractivity contribution in [3.8, 4) is 0 Å². The van der Waals surface area contributed by atoms with Gasteiger partial charge in [0.15, 0.2) is 0 Å². The summed E-state index contributed by atoms with van der Waals surface area (Å²) < 4.78 is 0. The predicted octanol–water partition coefficient (Wildman–Crippen LogP) is 2.48. The van der Waals surface area contributed by atoms with Gasteiger partial charge in [0.05, 0.1) is 0 Å². The molecule has 1 heterocycles.